The third kappa shape index (κ3) is 6.69. The topological polar surface area (TPSA) is 112 Å². The molecule has 0 radical (unpaired) electrons. The van der Waals surface area contributed by atoms with Crippen molar-refractivity contribution in [2.24, 2.45) is 5.92 Å². The number of halogens is 6. The van der Waals surface area contributed by atoms with Crippen molar-refractivity contribution < 1.29 is 49.4 Å². The van der Waals surface area contributed by atoms with Gasteiger partial charge in [-0.05, 0) is 51.3 Å². The minimum absolute atomic E-state index is 0.0360. The van der Waals surface area contributed by atoms with E-state index in [0.717, 1.165) is 25.5 Å². The molecule has 1 aliphatic carbocycles. The average molecular weight is 577 g/mol. The normalized spacial score (nSPS) is 27.9. The van der Waals surface area contributed by atoms with E-state index >= 15 is 0 Å². The second kappa shape index (κ2) is 10.8. The first-order chi connectivity index (χ1) is 17.4. The molecule has 38 heavy (non-hydrogen) atoms. The summed E-state index contributed by atoms with van der Waals surface area (Å²) < 4.78 is 107. The van der Waals surface area contributed by atoms with E-state index in [0.29, 0.717) is 25.6 Å². The molecule has 2 bridgehead atoms. The molecule has 1 saturated carbocycles. The fraction of sp³-hybridized carbons (Fsp3) is 0.727. The molecule has 0 spiro atoms. The van der Waals surface area contributed by atoms with Crippen LogP contribution >= 0.6 is 0 Å². The number of fused-ring (bicyclic) bond motifs is 1. The fourth-order valence-electron chi connectivity index (χ4n) is 5.01. The number of carboxylic acid groups (broad SMARTS) is 1. The highest BCUT2D eigenvalue weighted by molar-refractivity contribution is 7.89. The molecule has 0 amide bonds. The molecule has 216 valence electrons. The predicted molar refractivity (Wildman–Crippen MR) is 123 cm³/mol. The summed E-state index contributed by atoms with van der Waals surface area (Å²) in [4.78, 5) is 15.8. The molecular weight excluding hydrogens is 546 g/mol. The highest BCUT2D eigenvalue weighted by Gasteiger charge is 2.56. The van der Waals surface area contributed by atoms with Crippen LogP contribution in [0, 0.1) is 5.92 Å². The van der Waals surface area contributed by atoms with E-state index in [9.17, 15) is 34.8 Å². The molecule has 5 rings (SSSR count). The summed E-state index contributed by atoms with van der Waals surface area (Å²) in [7, 11) is -4.40. The van der Waals surface area contributed by atoms with Crippen molar-refractivity contribution in [2.75, 3.05) is 37.6 Å². The van der Waals surface area contributed by atoms with Crippen LogP contribution in [0.25, 0.3) is 0 Å². The molecule has 2 atom stereocenters. The number of nitrogens with one attached hydrogen (secondary N) is 1. The zero-order chi connectivity index (χ0) is 28.7. The van der Waals surface area contributed by atoms with Gasteiger partial charge in [-0.15, -0.1) is 0 Å². The molecule has 2 unspecified atom stereocenters. The maximum absolute atomic E-state index is 13.8. The van der Waals surface area contributed by atoms with Gasteiger partial charge in [-0.25, -0.2) is 22.9 Å². The average Bonchev–Trinajstić information content (AvgIpc) is 3.28. The lowest BCUT2D eigenvalue weighted by Crippen LogP contribution is -2.52. The first-order valence-electron chi connectivity index (χ1n) is 11.9. The van der Waals surface area contributed by atoms with Crippen LogP contribution in [-0.2, 0) is 25.7 Å². The van der Waals surface area contributed by atoms with Gasteiger partial charge in [0.2, 0.25) is 10.0 Å². The standard InChI is InChI=1S/C20H29F3N4O3S.C2HF3O2/c1-4-26-7-8-27(11-13(26)2)17-6-5-16(18(25-17)20(21,22)23)31(28,29)24-12-19-9-15(10-19)14(3)30-19;3-2(4,5)1(6)7/h5-6,13-15,24H,4,7-12H2,1-3H3;(H,6,7). The van der Waals surface area contributed by atoms with Crippen molar-refractivity contribution in [1.29, 1.82) is 0 Å². The molecule has 4 aliphatic rings. The van der Waals surface area contributed by atoms with E-state index in [-0.39, 0.29) is 24.5 Å². The summed E-state index contributed by atoms with van der Waals surface area (Å²) in [6.45, 7) is 8.59. The second-order valence-electron chi connectivity index (χ2n) is 9.74. The van der Waals surface area contributed by atoms with Gasteiger partial charge < -0.3 is 14.7 Å². The fourth-order valence-corrected chi connectivity index (χ4v) is 6.28. The van der Waals surface area contributed by atoms with Gasteiger partial charge in [0.15, 0.2) is 5.69 Å². The second-order valence-corrected chi connectivity index (χ2v) is 11.5. The Kier molecular flexibility index (Phi) is 8.61. The van der Waals surface area contributed by atoms with Gasteiger partial charge in [0.1, 0.15) is 10.7 Å². The molecule has 3 saturated heterocycles. The Hall–Kier alpha value is -2.17. The molecule has 4 heterocycles. The summed E-state index contributed by atoms with van der Waals surface area (Å²) in [6, 6.07) is 2.55. The largest absolute Gasteiger partial charge is 0.490 e. The Bertz CT molecular complexity index is 1120. The number of carboxylic acids is 1. The molecule has 1 aromatic rings. The molecular formula is C22H30F6N4O5S. The number of anilines is 1. The number of ether oxygens (including phenoxy) is 1. The van der Waals surface area contributed by atoms with Crippen LogP contribution in [0.5, 0.6) is 0 Å². The van der Waals surface area contributed by atoms with Crippen molar-refractivity contribution in [3.8, 4) is 0 Å². The van der Waals surface area contributed by atoms with E-state index in [1.165, 1.54) is 6.07 Å². The number of sulfonamides is 1. The molecule has 1 aromatic heterocycles. The molecule has 16 heteroatoms. The Labute approximate surface area is 216 Å². The number of pyridine rings is 1. The third-order valence-electron chi connectivity index (χ3n) is 7.09. The van der Waals surface area contributed by atoms with Crippen molar-refractivity contribution in [1.82, 2.24) is 14.6 Å². The van der Waals surface area contributed by atoms with Gasteiger partial charge in [0.05, 0.1) is 11.7 Å². The monoisotopic (exact) mass is 576 g/mol. The van der Waals surface area contributed by atoms with E-state index in [2.05, 4.69) is 14.6 Å². The van der Waals surface area contributed by atoms with Crippen molar-refractivity contribution in [2.45, 2.75) is 68.6 Å². The highest BCUT2D eigenvalue weighted by atomic mass is 32.2. The van der Waals surface area contributed by atoms with E-state index in [4.69, 9.17) is 14.6 Å². The molecule has 9 nitrogen and oxygen atoms in total. The number of alkyl halides is 6. The lowest BCUT2D eigenvalue weighted by atomic mass is 9.73. The number of nitrogens with zero attached hydrogens (tertiary/aromatic N) is 3. The maximum Gasteiger partial charge on any atom is 0.490 e. The minimum Gasteiger partial charge on any atom is -0.475 e. The van der Waals surface area contributed by atoms with Crippen LogP contribution in [-0.4, -0.2) is 86.0 Å². The SMILES string of the molecule is CCN1CCN(c2ccc(S(=O)(=O)NCC34CC(C3)C(C)O4)c(C(F)(F)F)n2)CC1C.O=C(O)C(F)(F)F. The first-order valence-corrected chi connectivity index (χ1v) is 13.4. The summed E-state index contributed by atoms with van der Waals surface area (Å²) in [5.41, 5.74) is -1.98. The van der Waals surface area contributed by atoms with Crippen LogP contribution in [0.1, 0.15) is 39.3 Å². The number of hydrogen-bond acceptors (Lipinski definition) is 7. The van der Waals surface area contributed by atoms with Crippen molar-refractivity contribution in [3.05, 3.63) is 17.8 Å². The van der Waals surface area contributed by atoms with Crippen LogP contribution < -0.4 is 9.62 Å². The minimum atomic E-state index is -5.08. The highest BCUT2D eigenvalue weighted by Crippen LogP contribution is 2.52. The third-order valence-corrected chi connectivity index (χ3v) is 8.52. The zero-order valence-electron chi connectivity index (χ0n) is 20.9. The van der Waals surface area contributed by atoms with Gasteiger partial charge in [0, 0.05) is 32.2 Å². The van der Waals surface area contributed by atoms with Crippen LogP contribution in [0.15, 0.2) is 17.0 Å². The smallest absolute Gasteiger partial charge is 0.475 e. The number of aromatic nitrogens is 1. The van der Waals surface area contributed by atoms with Gasteiger partial charge in [-0.1, -0.05) is 6.92 Å². The predicted octanol–water partition coefficient (Wildman–Crippen LogP) is 3.11. The number of piperazine rings is 1. The molecule has 0 aromatic carbocycles. The molecule has 3 aliphatic heterocycles. The number of hydrogen-bond donors (Lipinski definition) is 2. The molecule has 2 N–H and O–H groups in total. The van der Waals surface area contributed by atoms with Crippen LogP contribution in [0.3, 0.4) is 0 Å². The van der Waals surface area contributed by atoms with Gasteiger partial charge in [-0.3, -0.25) is 4.90 Å². The van der Waals surface area contributed by atoms with Gasteiger partial charge in [0.25, 0.3) is 0 Å². The number of carbonyl (C=O) groups is 1. The number of aliphatic carboxylic acids is 1. The van der Waals surface area contributed by atoms with Gasteiger partial charge >= 0.3 is 18.3 Å². The van der Waals surface area contributed by atoms with Crippen LogP contribution in [0.4, 0.5) is 32.2 Å². The number of rotatable bonds is 6. The van der Waals surface area contributed by atoms with E-state index < -0.39 is 44.5 Å². The summed E-state index contributed by atoms with van der Waals surface area (Å²) in [5, 5.41) is 7.12. The first kappa shape index (κ1) is 30.4. The van der Waals surface area contributed by atoms with E-state index in [1.807, 2.05) is 20.8 Å². The summed E-state index contributed by atoms with van der Waals surface area (Å²) in [5.74, 6) is -2.22. The summed E-state index contributed by atoms with van der Waals surface area (Å²) in [6.07, 6.45) is -8.48. The zero-order valence-corrected chi connectivity index (χ0v) is 21.8. The lowest BCUT2D eigenvalue weighted by Gasteiger charge is -2.40. The Balaban J connectivity index is 0.000000505. The Morgan fingerprint density at radius 3 is 2.24 bits per heavy atom. The lowest BCUT2D eigenvalue weighted by molar-refractivity contribution is -0.192. The molecule has 4 fully saturated rings. The maximum atomic E-state index is 13.8. The van der Waals surface area contributed by atoms with Crippen molar-refractivity contribution in [3.63, 3.8) is 0 Å². The van der Waals surface area contributed by atoms with Gasteiger partial charge in [-0.2, -0.15) is 26.3 Å². The van der Waals surface area contributed by atoms with Crippen LogP contribution in [0.2, 0.25) is 0 Å². The summed E-state index contributed by atoms with van der Waals surface area (Å²) >= 11 is 0. The Morgan fingerprint density at radius 2 is 1.79 bits per heavy atom. The van der Waals surface area contributed by atoms with Crippen molar-refractivity contribution >= 4 is 21.8 Å². The van der Waals surface area contributed by atoms with E-state index in [1.54, 1.807) is 4.90 Å². The quantitative estimate of drug-likeness (QED) is 0.497. The number of likely N-dealkylation sites (N-methyl/N-ethyl adjacent to an activating group) is 1. The Morgan fingerprint density at radius 1 is 1.18 bits per heavy atom.